The topological polar surface area (TPSA) is 88.2 Å². The summed E-state index contributed by atoms with van der Waals surface area (Å²) < 4.78 is 40.4. The normalized spacial score (nSPS) is 10.9. The van der Waals surface area contributed by atoms with Crippen molar-refractivity contribution in [1.29, 1.82) is 0 Å². The minimum atomic E-state index is -0.736. The zero-order valence-electron chi connectivity index (χ0n) is 16.9. The molecule has 11 heteroatoms. The van der Waals surface area contributed by atoms with E-state index in [0.717, 1.165) is 32.7 Å². The van der Waals surface area contributed by atoms with E-state index in [0.29, 0.717) is 22.2 Å². The Hall–Kier alpha value is -3.86. The second-order valence-corrected chi connectivity index (χ2v) is 7.59. The van der Waals surface area contributed by atoms with Crippen LogP contribution in [0.2, 0.25) is 0 Å². The maximum atomic E-state index is 13.9. The van der Waals surface area contributed by atoms with E-state index in [1.54, 1.807) is 31.2 Å². The highest BCUT2D eigenvalue weighted by Gasteiger charge is 2.17. The molecule has 0 aliphatic carbocycles. The van der Waals surface area contributed by atoms with Gasteiger partial charge in [0.25, 0.3) is 0 Å². The molecule has 4 rings (SSSR count). The largest absolute Gasteiger partial charge is 0.464 e. The molecule has 8 nitrogen and oxygen atoms in total. The number of aryl methyl sites for hydroxylation is 1. The Morgan fingerprint density at radius 3 is 2.47 bits per heavy atom. The predicted molar refractivity (Wildman–Crippen MR) is 112 cm³/mol. The highest BCUT2D eigenvalue weighted by atomic mass is 32.1. The first-order valence-corrected chi connectivity index (χ1v) is 10.1. The standard InChI is InChI=1S/C21H16F2N4O4S/c1-12-20(32-18(25-12)19(28)30-2)31-14-8-6-13(7-9-14)27-21(29)26(11-24-27)10-15-16(22)4-3-5-17(15)23/h3-9,11H,10H2,1-2H3. The maximum Gasteiger partial charge on any atom is 0.367 e. The van der Waals surface area contributed by atoms with Gasteiger partial charge >= 0.3 is 11.7 Å². The molecule has 2 aromatic heterocycles. The molecule has 0 fully saturated rings. The van der Waals surface area contributed by atoms with Gasteiger partial charge in [-0.1, -0.05) is 17.4 Å². The number of aromatic nitrogens is 4. The summed E-state index contributed by atoms with van der Waals surface area (Å²) in [5.41, 5.74) is 0.202. The summed E-state index contributed by atoms with van der Waals surface area (Å²) in [5.74, 6) is -1.56. The number of methoxy groups -OCH3 is 1. The van der Waals surface area contributed by atoms with Crippen molar-refractivity contribution in [3.63, 3.8) is 0 Å². The third-order valence-corrected chi connectivity index (χ3v) is 5.54. The van der Waals surface area contributed by atoms with Crippen LogP contribution in [0.5, 0.6) is 10.8 Å². The van der Waals surface area contributed by atoms with E-state index in [1.165, 1.54) is 19.5 Å². The summed E-state index contributed by atoms with van der Waals surface area (Å²) in [5, 5.41) is 4.64. The van der Waals surface area contributed by atoms with Crippen LogP contribution in [-0.4, -0.2) is 32.4 Å². The van der Waals surface area contributed by atoms with Crippen LogP contribution in [0.25, 0.3) is 5.69 Å². The van der Waals surface area contributed by atoms with Crippen LogP contribution in [0.15, 0.2) is 53.6 Å². The molecular weight excluding hydrogens is 442 g/mol. The Labute approximate surface area is 184 Å². The lowest BCUT2D eigenvalue weighted by atomic mass is 10.2. The highest BCUT2D eigenvalue weighted by molar-refractivity contribution is 7.15. The summed E-state index contributed by atoms with van der Waals surface area (Å²) in [7, 11) is 1.27. The number of hydrogen-bond donors (Lipinski definition) is 0. The molecule has 0 atom stereocenters. The predicted octanol–water partition coefficient (Wildman–Crippen LogP) is 3.70. The van der Waals surface area contributed by atoms with Crippen molar-refractivity contribution in [2.75, 3.05) is 7.11 Å². The van der Waals surface area contributed by atoms with E-state index in [4.69, 9.17) is 4.74 Å². The second-order valence-electron chi connectivity index (χ2n) is 6.63. The van der Waals surface area contributed by atoms with Crippen molar-refractivity contribution in [3.8, 4) is 16.5 Å². The van der Waals surface area contributed by atoms with Gasteiger partial charge in [-0.2, -0.15) is 9.78 Å². The fraction of sp³-hybridized carbons (Fsp3) is 0.143. The van der Waals surface area contributed by atoms with E-state index in [-0.39, 0.29) is 17.1 Å². The molecule has 164 valence electrons. The fourth-order valence-corrected chi connectivity index (χ4v) is 3.74. The number of nitrogens with zero attached hydrogens (tertiary/aromatic N) is 4. The van der Waals surface area contributed by atoms with Crippen LogP contribution in [0, 0.1) is 18.6 Å². The lowest BCUT2D eigenvalue weighted by Gasteiger charge is -2.06. The van der Waals surface area contributed by atoms with E-state index >= 15 is 0 Å². The highest BCUT2D eigenvalue weighted by Crippen LogP contribution is 2.32. The molecule has 0 radical (unpaired) electrons. The molecular formula is C21H16F2N4O4S. The molecule has 0 N–H and O–H groups in total. The zero-order chi connectivity index (χ0) is 22.8. The van der Waals surface area contributed by atoms with Crippen LogP contribution in [0.1, 0.15) is 21.1 Å². The van der Waals surface area contributed by atoms with Crippen LogP contribution in [0.3, 0.4) is 0 Å². The molecule has 2 aromatic carbocycles. The van der Waals surface area contributed by atoms with Crippen molar-refractivity contribution in [2.24, 2.45) is 0 Å². The maximum absolute atomic E-state index is 13.9. The Kier molecular flexibility index (Phi) is 5.82. The van der Waals surface area contributed by atoms with Gasteiger partial charge in [0.05, 0.1) is 25.0 Å². The lowest BCUT2D eigenvalue weighted by molar-refractivity contribution is 0.0600. The van der Waals surface area contributed by atoms with Gasteiger partial charge in [-0.15, -0.1) is 0 Å². The number of benzene rings is 2. The Morgan fingerprint density at radius 1 is 1.12 bits per heavy atom. The molecule has 0 bridgehead atoms. The summed E-state index contributed by atoms with van der Waals surface area (Å²) in [6, 6.07) is 9.97. The lowest BCUT2D eigenvalue weighted by Crippen LogP contribution is -2.24. The van der Waals surface area contributed by atoms with Gasteiger partial charge in [-0.3, -0.25) is 4.57 Å². The smallest absolute Gasteiger partial charge is 0.367 e. The number of hydrogen-bond acceptors (Lipinski definition) is 7. The summed E-state index contributed by atoms with van der Waals surface area (Å²) >= 11 is 1.06. The molecule has 0 saturated heterocycles. The van der Waals surface area contributed by atoms with Gasteiger partial charge in [0.1, 0.15) is 23.7 Å². The molecule has 2 heterocycles. The number of carbonyl (C=O) groups excluding carboxylic acids is 1. The monoisotopic (exact) mass is 458 g/mol. The molecule has 0 aliphatic heterocycles. The molecule has 0 aliphatic rings. The van der Waals surface area contributed by atoms with Gasteiger partial charge in [0.2, 0.25) is 10.1 Å². The second kappa shape index (κ2) is 8.71. The third-order valence-electron chi connectivity index (χ3n) is 4.53. The zero-order valence-corrected chi connectivity index (χ0v) is 17.7. The van der Waals surface area contributed by atoms with E-state index in [9.17, 15) is 18.4 Å². The minimum absolute atomic E-state index is 0.181. The average molecular weight is 458 g/mol. The molecule has 32 heavy (non-hydrogen) atoms. The quantitative estimate of drug-likeness (QED) is 0.410. The van der Waals surface area contributed by atoms with Crippen LogP contribution >= 0.6 is 11.3 Å². The molecule has 4 aromatic rings. The van der Waals surface area contributed by atoms with Crippen LogP contribution in [0.4, 0.5) is 8.78 Å². The summed E-state index contributed by atoms with van der Waals surface area (Å²) in [4.78, 5) is 28.4. The van der Waals surface area contributed by atoms with Crippen molar-refractivity contribution in [3.05, 3.63) is 87.2 Å². The third kappa shape index (κ3) is 4.14. The van der Waals surface area contributed by atoms with E-state index < -0.39 is 23.3 Å². The number of halogens is 2. The van der Waals surface area contributed by atoms with Crippen LogP contribution < -0.4 is 10.4 Å². The van der Waals surface area contributed by atoms with Gasteiger partial charge in [0.15, 0.2) is 0 Å². The van der Waals surface area contributed by atoms with Gasteiger partial charge in [0, 0.05) is 5.56 Å². The first kappa shape index (κ1) is 21.4. The van der Waals surface area contributed by atoms with Crippen molar-refractivity contribution in [2.45, 2.75) is 13.5 Å². The average Bonchev–Trinajstić information content (AvgIpc) is 3.33. The van der Waals surface area contributed by atoms with Gasteiger partial charge in [-0.05, 0) is 43.3 Å². The molecule has 0 unspecified atom stereocenters. The molecule has 0 spiro atoms. The minimum Gasteiger partial charge on any atom is -0.464 e. The number of ether oxygens (including phenoxy) is 2. The Balaban J connectivity index is 1.53. The first-order valence-electron chi connectivity index (χ1n) is 9.28. The summed E-state index contributed by atoms with van der Waals surface area (Å²) in [6.07, 6.45) is 1.22. The van der Waals surface area contributed by atoms with Crippen molar-refractivity contribution in [1.82, 2.24) is 19.3 Å². The summed E-state index contributed by atoms with van der Waals surface area (Å²) in [6.45, 7) is 1.42. The SMILES string of the molecule is COC(=O)c1nc(C)c(Oc2ccc(-n3ncn(Cc4c(F)cccc4F)c3=O)cc2)s1. The van der Waals surface area contributed by atoms with Crippen molar-refractivity contribution >= 4 is 17.3 Å². The van der Waals surface area contributed by atoms with Gasteiger partial charge < -0.3 is 9.47 Å². The number of carbonyl (C=O) groups is 1. The molecule has 0 saturated carbocycles. The van der Waals surface area contributed by atoms with Crippen molar-refractivity contribution < 1.29 is 23.0 Å². The Bertz CT molecular complexity index is 1320. The van der Waals surface area contributed by atoms with E-state index in [1.807, 2.05) is 0 Å². The number of rotatable bonds is 6. The van der Waals surface area contributed by atoms with Crippen LogP contribution in [-0.2, 0) is 11.3 Å². The fourth-order valence-electron chi connectivity index (χ4n) is 2.89. The number of esters is 1. The Morgan fingerprint density at radius 2 is 1.81 bits per heavy atom. The van der Waals surface area contributed by atoms with E-state index in [2.05, 4.69) is 14.8 Å². The van der Waals surface area contributed by atoms with Gasteiger partial charge in [-0.25, -0.2) is 23.4 Å². The number of thiazole rings is 1. The first-order chi connectivity index (χ1) is 15.4. The molecule has 0 amide bonds.